The Hall–Kier alpha value is -0.500. The minimum atomic E-state index is 0.417. The maximum absolute atomic E-state index is 5.90. The summed E-state index contributed by atoms with van der Waals surface area (Å²) in [6.07, 6.45) is 2.86. The first-order valence-electron chi connectivity index (χ1n) is 4.91. The van der Waals surface area contributed by atoms with Gasteiger partial charge in [-0.05, 0) is 37.1 Å². The van der Waals surface area contributed by atoms with Crippen molar-refractivity contribution < 1.29 is 0 Å². The van der Waals surface area contributed by atoms with E-state index in [4.69, 9.17) is 23.2 Å². The van der Waals surface area contributed by atoms with E-state index in [0.717, 1.165) is 18.5 Å². The number of hydrogen-bond acceptors (Lipinski definition) is 1. The average Bonchev–Trinajstić information content (AvgIpc) is 2.14. The zero-order valence-corrected chi connectivity index (χ0v) is 10.3. The predicted molar refractivity (Wildman–Crippen MR) is 67.6 cm³/mol. The Labute approximate surface area is 101 Å². The van der Waals surface area contributed by atoms with Crippen LogP contribution in [0.1, 0.15) is 18.9 Å². The van der Waals surface area contributed by atoms with Crippen LogP contribution in [-0.4, -0.2) is 6.04 Å². The Morgan fingerprint density at radius 1 is 1.33 bits per heavy atom. The van der Waals surface area contributed by atoms with Gasteiger partial charge in [0.1, 0.15) is 0 Å². The highest BCUT2D eigenvalue weighted by Crippen LogP contribution is 2.18. The van der Waals surface area contributed by atoms with E-state index in [1.807, 2.05) is 18.2 Å². The first kappa shape index (κ1) is 12.6. The second-order valence-electron chi connectivity index (χ2n) is 3.58. The Bertz CT molecular complexity index is 316. The van der Waals surface area contributed by atoms with E-state index < -0.39 is 0 Å². The lowest BCUT2D eigenvalue weighted by Gasteiger charge is -2.11. The Kier molecular flexibility index (Phi) is 5.16. The largest absolute Gasteiger partial charge is 0.310 e. The fourth-order valence-corrected chi connectivity index (χ4v) is 1.91. The summed E-state index contributed by atoms with van der Waals surface area (Å²) in [6, 6.07) is 5.99. The van der Waals surface area contributed by atoms with Crippen molar-refractivity contribution in [3.05, 3.63) is 46.5 Å². The van der Waals surface area contributed by atoms with Gasteiger partial charge in [0.05, 0.1) is 0 Å². The van der Waals surface area contributed by atoms with Gasteiger partial charge in [-0.2, -0.15) is 0 Å². The monoisotopic (exact) mass is 243 g/mol. The van der Waals surface area contributed by atoms with Crippen LogP contribution in [-0.2, 0) is 6.54 Å². The quantitative estimate of drug-likeness (QED) is 0.770. The average molecular weight is 244 g/mol. The molecule has 0 fully saturated rings. The number of halogens is 2. The Morgan fingerprint density at radius 3 is 2.47 bits per heavy atom. The van der Waals surface area contributed by atoms with Gasteiger partial charge in [0.25, 0.3) is 0 Å². The molecule has 0 aliphatic carbocycles. The van der Waals surface area contributed by atoms with Crippen LogP contribution >= 0.6 is 23.2 Å². The highest BCUT2D eigenvalue weighted by atomic mass is 35.5. The summed E-state index contributed by atoms with van der Waals surface area (Å²) in [5.74, 6) is 0. The summed E-state index contributed by atoms with van der Waals surface area (Å²) in [5, 5.41) is 4.72. The number of benzene rings is 1. The fraction of sp³-hybridized carbons (Fsp3) is 0.333. The van der Waals surface area contributed by atoms with E-state index in [2.05, 4.69) is 18.8 Å². The fourth-order valence-electron chi connectivity index (χ4n) is 1.34. The first-order valence-corrected chi connectivity index (χ1v) is 5.66. The summed E-state index contributed by atoms with van der Waals surface area (Å²) in [4.78, 5) is 0. The lowest BCUT2D eigenvalue weighted by Crippen LogP contribution is -2.24. The third-order valence-corrected chi connectivity index (χ3v) is 2.53. The minimum Gasteiger partial charge on any atom is -0.310 e. The molecule has 1 nitrogen and oxygen atoms in total. The van der Waals surface area contributed by atoms with Gasteiger partial charge in [0.15, 0.2) is 0 Å². The second kappa shape index (κ2) is 6.16. The molecule has 0 aliphatic heterocycles. The zero-order valence-electron chi connectivity index (χ0n) is 8.76. The molecule has 0 saturated carbocycles. The molecular weight excluding hydrogens is 229 g/mol. The smallest absolute Gasteiger partial charge is 0.0424 e. The highest BCUT2D eigenvalue weighted by Gasteiger charge is 2.01. The minimum absolute atomic E-state index is 0.417. The molecule has 0 saturated heterocycles. The molecular formula is C12H15Cl2N. The summed E-state index contributed by atoms with van der Waals surface area (Å²) in [6.45, 7) is 6.59. The van der Waals surface area contributed by atoms with Crippen molar-refractivity contribution in [2.24, 2.45) is 0 Å². The van der Waals surface area contributed by atoms with Crippen molar-refractivity contribution in [1.29, 1.82) is 0 Å². The summed E-state index contributed by atoms with van der Waals surface area (Å²) < 4.78 is 0. The van der Waals surface area contributed by atoms with Gasteiger partial charge in [0.2, 0.25) is 0 Å². The molecule has 0 radical (unpaired) electrons. The Balaban J connectivity index is 2.53. The van der Waals surface area contributed by atoms with Gasteiger partial charge < -0.3 is 5.32 Å². The van der Waals surface area contributed by atoms with E-state index in [-0.39, 0.29) is 0 Å². The van der Waals surface area contributed by atoms with Crippen LogP contribution in [0.3, 0.4) is 0 Å². The van der Waals surface area contributed by atoms with Crippen LogP contribution in [0.25, 0.3) is 0 Å². The normalized spacial score (nSPS) is 12.5. The summed E-state index contributed by atoms with van der Waals surface area (Å²) in [5.41, 5.74) is 1.10. The maximum Gasteiger partial charge on any atom is 0.0424 e. The van der Waals surface area contributed by atoms with Crippen molar-refractivity contribution in [3.63, 3.8) is 0 Å². The van der Waals surface area contributed by atoms with Crippen molar-refractivity contribution in [3.8, 4) is 0 Å². The van der Waals surface area contributed by atoms with E-state index in [0.29, 0.717) is 16.1 Å². The van der Waals surface area contributed by atoms with Gasteiger partial charge >= 0.3 is 0 Å². The zero-order chi connectivity index (χ0) is 11.3. The van der Waals surface area contributed by atoms with Gasteiger partial charge in [0, 0.05) is 22.6 Å². The molecule has 0 heterocycles. The first-order chi connectivity index (χ1) is 7.11. The number of nitrogens with one attached hydrogen (secondary N) is 1. The maximum atomic E-state index is 5.90. The van der Waals surface area contributed by atoms with Gasteiger partial charge in [-0.3, -0.25) is 0 Å². The molecule has 15 heavy (non-hydrogen) atoms. The topological polar surface area (TPSA) is 12.0 Å². The molecule has 1 aromatic rings. The van der Waals surface area contributed by atoms with Crippen LogP contribution in [0.15, 0.2) is 30.9 Å². The molecule has 0 spiro atoms. The molecule has 0 bridgehead atoms. The van der Waals surface area contributed by atoms with Crippen molar-refractivity contribution >= 4 is 23.2 Å². The van der Waals surface area contributed by atoms with Crippen LogP contribution in [0.2, 0.25) is 10.0 Å². The number of hydrogen-bond donors (Lipinski definition) is 1. The molecule has 1 aromatic carbocycles. The highest BCUT2D eigenvalue weighted by molar-refractivity contribution is 6.34. The molecule has 1 N–H and O–H groups in total. The van der Waals surface area contributed by atoms with E-state index in [1.165, 1.54) is 0 Å². The standard InChI is InChI=1S/C12H15Cl2N/c1-3-4-9(2)15-8-10-5-11(13)7-12(14)6-10/h3,5-7,9,15H,1,4,8H2,2H3. The van der Waals surface area contributed by atoms with Crippen molar-refractivity contribution in [2.45, 2.75) is 25.9 Å². The lowest BCUT2D eigenvalue weighted by molar-refractivity contribution is 0.554. The van der Waals surface area contributed by atoms with Crippen LogP contribution < -0.4 is 5.32 Å². The van der Waals surface area contributed by atoms with Gasteiger partial charge in [-0.25, -0.2) is 0 Å². The van der Waals surface area contributed by atoms with Crippen LogP contribution in [0, 0.1) is 0 Å². The van der Waals surface area contributed by atoms with Crippen molar-refractivity contribution in [1.82, 2.24) is 5.32 Å². The third kappa shape index (κ3) is 4.70. The molecule has 3 heteroatoms. The molecule has 0 amide bonds. The molecule has 0 aromatic heterocycles. The number of rotatable bonds is 5. The van der Waals surface area contributed by atoms with E-state index in [9.17, 15) is 0 Å². The van der Waals surface area contributed by atoms with Crippen LogP contribution in [0.4, 0.5) is 0 Å². The van der Waals surface area contributed by atoms with E-state index >= 15 is 0 Å². The molecule has 1 atom stereocenters. The summed E-state index contributed by atoms with van der Waals surface area (Å²) in [7, 11) is 0. The second-order valence-corrected chi connectivity index (χ2v) is 4.46. The SMILES string of the molecule is C=CCC(C)NCc1cc(Cl)cc(Cl)c1. The molecule has 82 valence electrons. The Morgan fingerprint density at radius 2 is 1.93 bits per heavy atom. The van der Waals surface area contributed by atoms with E-state index in [1.54, 1.807) is 6.07 Å². The van der Waals surface area contributed by atoms with Gasteiger partial charge in [-0.1, -0.05) is 29.3 Å². The van der Waals surface area contributed by atoms with Crippen molar-refractivity contribution in [2.75, 3.05) is 0 Å². The van der Waals surface area contributed by atoms with Crippen LogP contribution in [0.5, 0.6) is 0 Å². The predicted octanol–water partition coefficient (Wildman–Crippen LogP) is 4.05. The van der Waals surface area contributed by atoms with Gasteiger partial charge in [-0.15, -0.1) is 6.58 Å². The summed E-state index contributed by atoms with van der Waals surface area (Å²) >= 11 is 11.8. The lowest BCUT2D eigenvalue weighted by atomic mass is 10.2. The molecule has 1 unspecified atom stereocenters. The third-order valence-electron chi connectivity index (χ3n) is 2.10. The molecule has 1 rings (SSSR count). The molecule has 0 aliphatic rings.